The number of halogens is 1. The molecule has 128 valence electrons. The Bertz CT molecular complexity index is 769. The van der Waals surface area contributed by atoms with E-state index in [9.17, 15) is 4.79 Å². The van der Waals surface area contributed by atoms with Crippen LogP contribution in [-0.2, 0) is 0 Å². The van der Waals surface area contributed by atoms with Gasteiger partial charge in [0.25, 0.3) is 5.91 Å². The molecule has 0 bridgehead atoms. The van der Waals surface area contributed by atoms with Crippen LogP contribution in [-0.4, -0.2) is 35.1 Å². The van der Waals surface area contributed by atoms with Gasteiger partial charge in [-0.3, -0.25) is 4.79 Å². The zero-order valence-electron chi connectivity index (χ0n) is 14.2. The van der Waals surface area contributed by atoms with Crippen molar-refractivity contribution < 1.29 is 9.32 Å². The van der Waals surface area contributed by atoms with Gasteiger partial charge in [-0.2, -0.15) is 0 Å². The molecular weight excluding hydrogens is 326 g/mol. The molecule has 1 aliphatic heterocycles. The number of amides is 1. The monoisotopic (exact) mass is 347 g/mol. The second-order valence-corrected chi connectivity index (χ2v) is 7.46. The van der Waals surface area contributed by atoms with Crippen LogP contribution in [0, 0.1) is 12.3 Å². The maximum atomic E-state index is 13.1. The number of carbonyl (C=O) groups is 1. The molecule has 2 aromatic rings. The molecule has 0 spiro atoms. The van der Waals surface area contributed by atoms with Crippen LogP contribution in [0.1, 0.15) is 36.4 Å². The zero-order chi connectivity index (χ0) is 17.5. The van der Waals surface area contributed by atoms with Crippen molar-refractivity contribution in [3.05, 3.63) is 40.6 Å². The lowest BCUT2D eigenvalue weighted by Crippen LogP contribution is -2.54. The summed E-state index contributed by atoms with van der Waals surface area (Å²) in [4.78, 5) is 15.0. The lowest BCUT2D eigenvalue weighted by Gasteiger charge is -2.42. The highest BCUT2D eigenvalue weighted by atomic mass is 35.5. The van der Waals surface area contributed by atoms with Crippen LogP contribution in [0.4, 0.5) is 0 Å². The summed E-state index contributed by atoms with van der Waals surface area (Å²) >= 11 is 6.27. The highest BCUT2D eigenvalue weighted by Crippen LogP contribution is 2.34. The van der Waals surface area contributed by atoms with Crippen molar-refractivity contribution in [1.29, 1.82) is 0 Å². The Morgan fingerprint density at radius 3 is 2.79 bits per heavy atom. The summed E-state index contributed by atoms with van der Waals surface area (Å²) in [6, 6.07) is 7.41. The van der Waals surface area contributed by atoms with E-state index >= 15 is 0 Å². The molecule has 1 aliphatic rings. The van der Waals surface area contributed by atoms with E-state index in [0.29, 0.717) is 40.7 Å². The number of nitrogens with zero attached hydrogens (tertiary/aromatic N) is 2. The first-order valence-electron chi connectivity index (χ1n) is 8.07. The first-order valence-corrected chi connectivity index (χ1v) is 8.45. The summed E-state index contributed by atoms with van der Waals surface area (Å²) in [5.74, 6) is 0.422. The van der Waals surface area contributed by atoms with Gasteiger partial charge in [0, 0.05) is 24.7 Å². The van der Waals surface area contributed by atoms with Crippen LogP contribution in [0.3, 0.4) is 0 Å². The molecule has 24 heavy (non-hydrogen) atoms. The summed E-state index contributed by atoms with van der Waals surface area (Å²) in [5.41, 5.74) is 7.73. The van der Waals surface area contributed by atoms with Crippen LogP contribution in [0.25, 0.3) is 11.3 Å². The third kappa shape index (κ3) is 2.94. The largest absolute Gasteiger partial charge is 0.360 e. The Kier molecular flexibility index (Phi) is 4.40. The summed E-state index contributed by atoms with van der Waals surface area (Å²) < 4.78 is 5.31. The number of rotatable bonds is 2. The van der Waals surface area contributed by atoms with E-state index in [4.69, 9.17) is 21.9 Å². The van der Waals surface area contributed by atoms with Crippen molar-refractivity contribution >= 4 is 17.5 Å². The van der Waals surface area contributed by atoms with E-state index in [1.807, 2.05) is 23.1 Å². The number of aryl methyl sites for hydroxylation is 1. The highest BCUT2D eigenvalue weighted by molar-refractivity contribution is 6.33. The third-order valence-electron chi connectivity index (χ3n) is 4.80. The first kappa shape index (κ1) is 17.0. The number of piperidine rings is 1. The molecule has 6 heteroatoms. The average Bonchev–Trinajstić information content (AvgIpc) is 2.91. The van der Waals surface area contributed by atoms with Gasteiger partial charge >= 0.3 is 0 Å². The fourth-order valence-electron chi connectivity index (χ4n) is 3.17. The van der Waals surface area contributed by atoms with Gasteiger partial charge in [-0.05, 0) is 24.8 Å². The second-order valence-electron chi connectivity index (χ2n) is 7.05. The smallest absolute Gasteiger partial charge is 0.259 e. The van der Waals surface area contributed by atoms with Crippen molar-refractivity contribution in [3.63, 3.8) is 0 Å². The van der Waals surface area contributed by atoms with Crippen LogP contribution >= 0.6 is 11.6 Å². The van der Waals surface area contributed by atoms with Gasteiger partial charge in [0.1, 0.15) is 17.0 Å². The Balaban J connectivity index is 1.97. The second kappa shape index (κ2) is 6.22. The fourth-order valence-corrected chi connectivity index (χ4v) is 3.39. The molecule has 3 rings (SSSR count). The summed E-state index contributed by atoms with van der Waals surface area (Å²) in [5, 5.41) is 4.62. The molecule has 2 heterocycles. The van der Waals surface area contributed by atoms with Gasteiger partial charge in [0.15, 0.2) is 0 Å². The molecule has 1 fully saturated rings. The first-order chi connectivity index (χ1) is 11.3. The lowest BCUT2D eigenvalue weighted by atomic mass is 9.79. The maximum Gasteiger partial charge on any atom is 0.259 e. The van der Waals surface area contributed by atoms with E-state index < -0.39 is 0 Å². The molecular formula is C18H22ClN3O2. The summed E-state index contributed by atoms with van der Waals surface area (Å²) in [6.07, 6.45) is 0.782. The van der Waals surface area contributed by atoms with E-state index in [0.717, 1.165) is 6.42 Å². The number of carbonyl (C=O) groups excluding carboxylic acids is 1. The van der Waals surface area contributed by atoms with Gasteiger partial charge < -0.3 is 15.2 Å². The standard InChI is InChI=1S/C18H22ClN3O2/c1-11-15(16(21-24-11)12-6-4-5-7-13(12)19)17(23)22-9-8-14(20)18(2,3)10-22/h4-7,14H,8-10,20H2,1-3H3. The summed E-state index contributed by atoms with van der Waals surface area (Å²) in [6.45, 7) is 7.18. The van der Waals surface area contributed by atoms with Crippen LogP contribution in [0.5, 0.6) is 0 Å². The van der Waals surface area contributed by atoms with Crippen LogP contribution in [0.2, 0.25) is 5.02 Å². The number of aromatic nitrogens is 1. The topological polar surface area (TPSA) is 72.4 Å². The molecule has 1 saturated heterocycles. The highest BCUT2D eigenvalue weighted by Gasteiger charge is 2.37. The molecule has 1 atom stereocenters. The van der Waals surface area contributed by atoms with Gasteiger partial charge in [0.2, 0.25) is 0 Å². The third-order valence-corrected chi connectivity index (χ3v) is 5.13. The van der Waals surface area contributed by atoms with Crippen molar-refractivity contribution in [2.45, 2.75) is 33.2 Å². The SMILES string of the molecule is Cc1onc(-c2ccccc2Cl)c1C(=O)N1CCC(N)C(C)(C)C1. The minimum Gasteiger partial charge on any atom is -0.360 e. The van der Waals surface area contributed by atoms with E-state index in [2.05, 4.69) is 19.0 Å². The molecule has 1 aromatic heterocycles. The quantitative estimate of drug-likeness (QED) is 0.902. The minimum atomic E-state index is -0.121. The van der Waals surface area contributed by atoms with E-state index in [1.165, 1.54) is 0 Å². The van der Waals surface area contributed by atoms with Crippen molar-refractivity contribution in [2.75, 3.05) is 13.1 Å². The van der Waals surface area contributed by atoms with Gasteiger partial charge in [0.05, 0.1) is 5.02 Å². The van der Waals surface area contributed by atoms with Crippen molar-refractivity contribution in [1.82, 2.24) is 10.1 Å². The van der Waals surface area contributed by atoms with Gasteiger partial charge in [-0.25, -0.2) is 0 Å². The van der Waals surface area contributed by atoms with E-state index in [1.54, 1.807) is 13.0 Å². The molecule has 0 aliphatic carbocycles. The van der Waals surface area contributed by atoms with Crippen LogP contribution in [0.15, 0.2) is 28.8 Å². The predicted molar refractivity (Wildman–Crippen MR) is 94.0 cm³/mol. The molecule has 1 aromatic carbocycles. The summed E-state index contributed by atoms with van der Waals surface area (Å²) in [7, 11) is 0. The molecule has 1 unspecified atom stereocenters. The predicted octanol–water partition coefficient (Wildman–Crippen LogP) is 3.50. The van der Waals surface area contributed by atoms with Crippen molar-refractivity contribution in [3.8, 4) is 11.3 Å². The van der Waals surface area contributed by atoms with Gasteiger partial charge in [-0.1, -0.05) is 48.8 Å². The number of nitrogens with two attached hydrogens (primary N) is 1. The van der Waals surface area contributed by atoms with Crippen molar-refractivity contribution in [2.24, 2.45) is 11.1 Å². The normalized spacial score (nSPS) is 20.2. The van der Waals surface area contributed by atoms with Crippen LogP contribution < -0.4 is 5.73 Å². The molecule has 2 N–H and O–H groups in total. The zero-order valence-corrected chi connectivity index (χ0v) is 14.9. The Labute approximate surface area is 146 Å². The Morgan fingerprint density at radius 2 is 2.12 bits per heavy atom. The lowest BCUT2D eigenvalue weighted by molar-refractivity contribution is 0.0532. The number of hydrogen-bond donors (Lipinski definition) is 1. The molecule has 0 radical (unpaired) electrons. The number of likely N-dealkylation sites (tertiary alicyclic amines) is 1. The van der Waals surface area contributed by atoms with Gasteiger partial charge in [-0.15, -0.1) is 0 Å². The maximum absolute atomic E-state index is 13.1. The fraction of sp³-hybridized carbons (Fsp3) is 0.444. The molecule has 5 nitrogen and oxygen atoms in total. The Hall–Kier alpha value is -1.85. The molecule has 0 saturated carbocycles. The number of benzene rings is 1. The Morgan fingerprint density at radius 1 is 1.42 bits per heavy atom. The number of hydrogen-bond acceptors (Lipinski definition) is 4. The minimum absolute atomic E-state index is 0.0800. The van der Waals surface area contributed by atoms with E-state index in [-0.39, 0.29) is 17.4 Å². The molecule has 1 amide bonds. The average molecular weight is 348 g/mol.